The lowest BCUT2D eigenvalue weighted by atomic mass is 9.92. The molecule has 0 fully saturated rings. The maximum atomic E-state index is 12.8. The van der Waals surface area contributed by atoms with Crippen LogP contribution in [0.15, 0.2) is 24.3 Å². The maximum Gasteiger partial charge on any atom is 0.416 e. The lowest BCUT2D eigenvalue weighted by Crippen LogP contribution is -2.36. The normalized spacial score (nSPS) is 15.4. The second kappa shape index (κ2) is 7.09. The van der Waals surface area contributed by atoms with Gasteiger partial charge in [0.25, 0.3) is 0 Å². The van der Waals surface area contributed by atoms with E-state index in [9.17, 15) is 13.2 Å². The summed E-state index contributed by atoms with van der Waals surface area (Å²) in [5.74, 6) is 0.193. The Labute approximate surface area is 118 Å². The molecule has 0 amide bonds. The highest BCUT2D eigenvalue weighted by molar-refractivity contribution is 5.28. The SMILES string of the molecule is CCNC(c1cccc(C(F)(F)F)c1)C(OC)C(C)C. The third kappa shape index (κ3) is 4.21. The summed E-state index contributed by atoms with van der Waals surface area (Å²) >= 11 is 0. The molecule has 5 heteroatoms. The third-order valence-corrected chi connectivity index (χ3v) is 3.25. The van der Waals surface area contributed by atoms with Crippen molar-refractivity contribution in [3.05, 3.63) is 35.4 Å². The first kappa shape index (κ1) is 17.0. The van der Waals surface area contributed by atoms with Gasteiger partial charge in [-0.2, -0.15) is 13.2 Å². The fraction of sp³-hybridized carbons (Fsp3) is 0.600. The van der Waals surface area contributed by atoms with Crippen LogP contribution < -0.4 is 5.32 Å². The predicted molar refractivity (Wildman–Crippen MR) is 73.5 cm³/mol. The first-order chi connectivity index (χ1) is 9.31. The second-order valence-electron chi connectivity index (χ2n) is 5.10. The minimum absolute atomic E-state index is 0.182. The molecule has 2 atom stereocenters. The quantitative estimate of drug-likeness (QED) is 0.854. The Hall–Kier alpha value is -1.07. The number of halogens is 3. The molecule has 1 aromatic rings. The zero-order valence-corrected chi connectivity index (χ0v) is 12.3. The Bertz CT molecular complexity index is 418. The molecule has 2 nitrogen and oxygen atoms in total. The van der Waals surface area contributed by atoms with Crippen molar-refractivity contribution in [2.45, 2.75) is 39.1 Å². The van der Waals surface area contributed by atoms with Crippen molar-refractivity contribution < 1.29 is 17.9 Å². The van der Waals surface area contributed by atoms with Crippen LogP contribution in [-0.2, 0) is 10.9 Å². The summed E-state index contributed by atoms with van der Waals surface area (Å²) in [5, 5.41) is 3.22. The molecule has 0 radical (unpaired) electrons. The summed E-state index contributed by atoms with van der Waals surface area (Å²) in [6.07, 6.45) is -4.51. The van der Waals surface area contributed by atoms with Gasteiger partial charge in [-0.3, -0.25) is 0 Å². The van der Waals surface area contributed by atoms with Crippen LogP contribution in [0.3, 0.4) is 0 Å². The van der Waals surface area contributed by atoms with Gasteiger partial charge in [0, 0.05) is 7.11 Å². The monoisotopic (exact) mass is 289 g/mol. The van der Waals surface area contributed by atoms with E-state index in [0.29, 0.717) is 12.1 Å². The highest BCUT2D eigenvalue weighted by atomic mass is 19.4. The van der Waals surface area contributed by atoms with Gasteiger partial charge in [0.1, 0.15) is 0 Å². The standard InChI is InChI=1S/C15H22F3NO/c1-5-19-13(14(20-4)10(2)3)11-7-6-8-12(9-11)15(16,17)18/h6-10,13-14,19H,5H2,1-4H3. The third-order valence-electron chi connectivity index (χ3n) is 3.25. The number of hydrogen-bond acceptors (Lipinski definition) is 2. The zero-order chi connectivity index (χ0) is 15.3. The molecular weight excluding hydrogens is 267 g/mol. The van der Waals surface area contributed by atoms with Gasteiger partial charge in [-0.05, 0) is 30.2 Å². The van der Waals surface area contributed by atoms with Gasteiger partial charge in [0.05, 0.1) is 17.7 Å². The Balaban J connectivity index is 3.15. The molecule has 1 aromatic carbocycles. The van der Waals surface area contributed by atoms with Crippen molar-refractivity contribution in [1.29, 1.82) is 0 Å². The van der Waals surface area contributed by atoms with Crippen molar-refractivity contribution in [2.75, 3.05) is 13.7 Å². The molecule has 2 unspecified atom stereocenters. The molecule has 1 N–H and O–H groups in total. The lowest BCUT2D eigenvalue weighted by molar-refractivity contribution is -0.137. The maximum absolute atomic E-state index is 12.8. The van der Waals surface area contributed by atoms with Crippen LogP contribution in [0.25, 0.3) is 0 Å². The van der Waals surface area contributed by atoms with Gasteiger partial charge in [-0.15, -0.1) is 0 Å². The number of methoxy groups -OCH3 is 1. The van der Waals surface area contributed by atoms with Crippen LogP contribution in [0.5, 0.6) is 0 Å². The molecule has 0 spiro atoms. The fourth-order valence-corrected chi connectivity index (χ4v) is 2.35. The van der Waals surface area contributed by atoms with E-state index in [-0.39, 0.29) is 18.1 Å². The molecule has 0 bridgehead atoms. The summed E-state index contributed by atoms with van der Waals surface area (Å²) in [7, 11) is 1.59. The number of nitrogens with one attached hydrogen (secondary N) is 1. The van der Waals surface area contributed by atoms with Crippen molar-refractivity contribution in [3.8, 4) is 0 Å². The molecule has 0 saturated heterocycles. The van der Waals surface area contributed by atoms with Crippen molar-refractivity contribution in [2.24, 2.45) is 5.92 Å². The molecule has 0 heterocycles. The first-order valence-electron chi connectivity index (χ1n) is 6.74. The fourth-order valence-electron chi connectivity index (χ4n) is 2.35. The molecule has 0 aromatic heterocycles. The summed E-state index contributed by atoms with van der Waals surface area (Å²) < 4.78 is 43.9. The second-order valence-corrected chi connectivity index (χ2v) is 5.10. The Kier molecular flexibility index (Phi) is 6.02. The van der Waals surface area contributed by atoms with E-state index in [1.54, 1.807) is 13.2 Å². The van der Waals surface area contributed by atoms with Crippen molar-refractivity contribution in [1.82, 2.24) is 5.32 Å². The summed E-state index contributed by atoms with van der Waals surface area (Å²) in [6, 6.07) is 5.17. The van der Waals surface area contributed by atoms with E-state index < -0.39 is 11.7 Å². The lowest BCUT2D eigenvalue weighted by Gasteiger charge is -2.30. The smallest absolute Gasteiger partial charge is 0.379 e. The summed E-state index contributed by atoms with van der Waals surface area (Å²) in [4.78, 5) is 0. The molecular formula is C15H22F3NO. The molecule has 0 aliphatic heterocycles. The molecule has 20 heavy (non-hydrogen) atoms. The van der Waals surface area contributed by atoms with Gasteiger partial charge < -0.3 is 10.1 Å². The Morgan fingerprint density at radius 1 is 1.25 bits per heavy atom. The van der Waals surface area contributed by atoms with Crippen LogP contribution in [0.4, 0.5) is 13.2 Å². The van der Waals surface area contributed by atoms with Gasteiger partial charge >= 0.3 is 6.18 Å². The van der Waals surface area contributed by atoms with E-state index in [2.05, 4.69) is 5.32 Å². The van der Waals surface area contributed by atoms with E-state index in [1.165, 1.54) is 12.1 Å². The van der Waals surface area contributed by atoms with E-state index >= 15 is 0 Å². The molecule has 114 valence electrons. The predicted octanol–water partition coefficient (Wildman–Crippen LogP) is 4.03. The van der Waals surface area contributed by atoms with Crippen LogP contribution >= 0.6 is 0 Å². The number of ether oxygens (including phenoxy) is 1. The van der Waals surface area contributed by atoms with Crippen LogP contribution in [0.2, 0.25) is 0 Å². The van der Waals surface area contributed by atoms with Gasteiger partial charge in [0.15, 0.2) is 0 Å². The number of rotatable bonds is 6. The van der Waals surface area contributed by atoms with Crippen molar-refractivity contribution in [3.63, 3.8) is 0 Å². The van der Waals surface area contributed by atoms with Crippen LogP contribution in [0, 0.1) is 5.92 Å². The highest BCUT2D eigenvalue weighted by Crippen LogP contribution is 2.32. The summed E-state index contributed by atoms with van der Waals surface area (Å²) in [6.45, 7) is 6.57. The van der Waals surface area contributed by atoms with Gasteiger partial charge in [-0.25, -0.2) is 0 Å². The number of benzene rings is 1. The number of likely N-dealkylation sites (N-methyl/N-ethyl adjacent to an activating group) is 1. The average molecular weight is 289 g/mol. The summed E-state index contributed by atoms with van der Waals surface area (Å²) in [5.41, 5.74) is -0.0289. The molecule has 1 rings (SSSR count). The molecule has 0 aliphatic rings. The minimum Gasteiger partial charge on any atom is -0.379 e. The van der Waals surface area contributed by atoms with Gasteiger partial charge in [-0.1, -0.05) is 32.9 Å². The average Bonchev–Trinajstić information content (AvgIpc) is 2.37. The Morgan fingerprint density at radius 3 is 2.35 bits per heavy atom. The molecule has 0 aliphatic carbocycles. The first-order valence-corrected chi connectivity index (χ1v) is 6.74. The largest absolute Gasteiger partial charge is 0.416 e. The van der Waals surface area contributed by atoms with Crippen LogP contribution in [0.1, 0.15) is 37.9 Å². The Morgan fingerprint density at radius 2 is 1.90 bits per heavy atom. The van der Waals surface area contributed by atoms with Crippen molar-refractivity contribution >= 4 is 0 Å². The number of hydrogen-bond donors (Lipinski definition) is 1. The molecule has 0 saturated carbocycles. The highest BCUT2D eigenvalue weighted by Gasteiger charge is 2.32. The zero-order valence-electron chi connectivity index (χ0n) is 12.3. The minimum atomic E-state index is -4.33. The van der Waals surface area contributed by atoms with Gasteiger partial charge in [0.2, 0.25) is 0 Å². The number of alkyl halides is 3. The van der Waals surface area contributed by atoms with E-state index in [0.717, 1.165) is 6.07 Å². The van der Waals surface area contributed by atoms with E-state index in [4.69, 9.17) is 4.74 Å². The topological polar surface area (TPSA) is 21.3 Å². The van der Waals surface area contributed by atoms with Crippen LogP contribution in [-0.4, -0.2) is 19.8 Å². The van der Waals surface area contributed by atoms with E-state index in [1.807, 2.05) is 20.8 Å².